The highest BCUT2D eigenvalue weighted by Gasteiger charge is 2.19. The molecule has 0 saturated carbocycles. The van der Waals surface area contributed by atoms with Crippen LogP contribution in [0.5, 0.6) is 0 Å². The van der Waals surface area contributed by atoms with Crippen molar-refractivity contribution >= 4 is 10.8 Å². The fourth-order valence-electron chi connectivity index (χ4n) is 2.84. The zero-order valence-corrected chi connectivity index (χ0v) is 11.1. The first-order chi connectivity index (χ1) is 9.34. The first-order valence-electron chi connectivity index (χ1n) is 7.04. The van der Waals surface area contributed by atoms with Crippen LogP contribution in [0.15, 0.2) is 36.7 Å². The van der Waals surface area contributed by atoms with Gasteiger partial charge in [-0.25, -0.2) is 0 Å². The van der Waals surface area contributed by atoms with E-state index in [1.807, 2.05) is 18.5 Å². The summed E-state index contributed by atoms with van der Waals surface area (Å²) in [5, 5.41) is 2.36. The van der Waals surface area contributed by atoms with Gasteiger partial charge >= 0.3 is 0 Å². The van der Waals surface area contributed by atoms with E-state index in [1.54, 1.807) is 0 Å². The molecule has 1 aromatic carbocycles. The van der Waals surface area contributed by atoms with Gasteiger partial charge in [-0.05, 0) is 36.6 Å². The minimum absolute atomic E-state index is 0.00157. The zero-order valence-electron chi connectivity index (χ0n) is 11.1. The summed E-state index contributed by atoms with van der Waals surface area (Å²) in [5.74, 6) is 0. The third-order valence-electron chi connectivity index (χ3n) is 3.89. The number of fused-ring (bicyclic) bond motifs is 1. The van der Waals surface area contributed by atoms with Crippen molar-refractivity contribution in [3.05, 3.63) is 42.2 Å². The maximum absolute atomic E-state index is 6.37. The van der Waals surface area contributed by atoms with Crippen molar-refractivity contribution in [3.63, 3.8) is 0 Å². The molecule has 1 fully saturated rings. The Morgan fingerprint density at radius 2 is 2.16 bits per heavy atom. The molecule has 2 atom stereocenters. The molecule has 2 unspecified atom stereocenters. The number of pyridine rings is 1. The van der Waals surface area contributed by atoms with Crippen molar-refractivity contribution in [3.8, 4) is 0 Å². The molecule has 0 spiro atoms. The molecule has 0 aliphatic carbocycles. The summed E-state index contributed by atoms with van der Waals surface area (Å²) in [4.78, 5) is 4.31. The standard InChI is InChI=1S/C16H20N2O/c17-16(9-13-6-3-4-8-19-13)15-11-18-10-12-5-1-2-7-14(12)15/h1-2,5,7,10-11,13,16H,3-4,6,8-9,17H2. The topological polar surface area (TPSA) is 48.1 Å². The van der Waals surface area contributed by atoms with Crippen molar-refractivity contribution in [2.45, 2.75) is 37.8 Å². The molecular weight excluding hydrogens is 236 g/mol. The van der Waals surface area contributed by atoms with Crippen LogP contribution in [-0.4, -0.2) is 17.7 Å². The predicted molar refractivity (Wildman–Crippen MR) is 76.9 cm³/mol. The fraction of sp³-hybridized carbons (Fsp3) is 0.438. The maximum Gasteiger partial charge on any atom is 0.0593 e. The Bertz CT molecular complexity index is 544. The van der Waals surface area contributed by atoms with E-state index >= 15 is 0 Å². The second kappa shape index (κ2) is 5.68. The van der Waals surface area contributed by atoms with Gasteiger partial charge in [0.1, 0.15) is 0 Å². The Balaban J connectivity index is 1.82. The zero-order chi connectivity index (χ0) is 13.1. The summed E-state index contributed by atoms with van der Waals surface area (Å²) in [7, 11) is 0. The molecule has 2 heterocycles. The summed E-state index contributed by atoms with van der Waals surface area (Å²) in [5.41, 5.74) is 7.50. The molecule has 1 aliphatic rings. The van der Waals surface area contributed by atoms with Crippen molar-refractivity contribution < 1.29 is 4.74 Å². The molecule has 2 N–H and O–H groups in total. The fourth-order valence-corrected chi connectivity index (χ4v) is 2.84. The molecule has 3 heteroatoms. The normalized spacial score (nSPS) is 21.4. The Hall–Kier alpha value is -1.45. The average Bonchev–Trinajstić information content (AvgIpc) is 2.47. The number of nitrogens with zero attached hydrogens (tertiary/aromatic N) is 1. The summed E-state index contributed by atoms with van der Waals surface area (Å²) >= 11 is 0. The van der Waals surface area contributed by atoms with Crippen LogP contribution in [0.25, 0.3) is 10.8 Å². The van der Waals surface area contributed by atoms with Gasteiger partial charge in [0, 0.05) is 30.4 Å². The number of hydrogen-bond donors (Lipinski definition) is 1. The first kappa shape index (κ1) is 12.6. The van der Waals surface area contributed by atoms with Crippen molar-refractivity contribution in [2.75, 3.05) is 6.61 Å². The van der Waals surface area contributed by atoms with E-state index in [9.17, 15) is 0 Å². The average molecular weight is 256 g/mol. The van der Waals surface area contributed by atoms with E-state index in [4.69, 9.17) is 10.5 Å². The molecule has 100 valence electrons. The van der Waals surface area contributed by atoms with Gasteiger partial charge in [-0.1, -0.05) is 24.3 Å². The summed E-state index contributed by atoms with van der Waals surface area (Å²) in [6, 6.07) is 8.28. The molecule has 0 amide bonds. The van der Waals surface area contributed by atoms with Gasteiger partial charge in [-0.3, -0.25) is 4.98 Å². The Morgan fingerprint density at radius 3 is 3.00 bits per heavy atom. The van der Waals surface area contributed by atoms with Gasteiger partial charge in [0.05, 0.1) is 6.10 Å². The molecule has 1 aromatic heterocycles. The van der Waals surface area contributed by atoms with Crippen LogP contribution >= 0.6 is 0 Å². The maximum atomic E-state index is 6.37. The Labute approximate surface area is 113 Å². The molecule has 2 aromatic rings. The number of nitrogens with two attached hydrogens (primary N) is 1. The lowest BCUT2D eigenvalue weighted by Crippen LogP contribution is -2.25. The van der Waals surface area contributed by atoms with Crippen LogP contribution in [0, 0.1) is 0 Å². The van der Waals surface area contributed by atoms with Crippen LogP contribution in [0.4, 0.5) is 0 Å². The number of ether oxygens (including phenoxy) is 1. The monoisotopic (exact) mass is 256 g/mol. The quantitative estimate of drug-likeness (QED) is 0.917. The smallest absolute Gasteiger partial charge is 0.0593 e. The summed E-state index contributed by atoms with van der Waals surface area (Å²) in [6.07, 6.45) is 8.55. The molecule has 0 radical (unpaired) electrons. The van der Waals surface area contributed by atoms with E-state index in [-0.39, 0.29) is 6.04 Å². The summed E-state index contributed by atoms with van der Waals surface area (Å²) in [6.45, 7) is 0.880. The number of rotatable bonds is 3. The lowest BCUT2D eigenvalue weighted by Gasteiger charge is -2.25. The Kier molecular flexibility index (Phi) is 3.76. The highest BCUT2D eigenvalue weighted by atomic mass is 16.5. The molecule has 3 nitrogen and oxygen atoms in total. The second-order valence-corrected chi connectivity index (χ2v) is 5.28. The predicted octanol–water partition coefficient (Wildman–Crippen LogP) is 3.19. The minimum Gasteiger partial charge on any atom is -0.378 e. The van der Waals surface area contributed by atoms with Gasteiger partial charge < -0.3 is 10.5 Å². The van der Waals surface area contributed by atoms with Gasteiger partial charge in [-0.15, -0.1) is 0 Å². The third-order valence-corrected chi connectivity index (χ3v) is 3.89. The molecule has 19 heavy (non-hydrogen) atoms. The van der Waals surface area contributed by atoms with Crippen LogP contribution < -0.4 is 5.73 Å². The van der Waals surface area contributed by atoms with E-state index in [0.717, 1.165) is 30.4 Å². The molecule has 3 rings (SSSR count). The third kappa shape index (κ3) is 2.77. The van der Waals surface area contributed by atoms with Crippen molar-refractivity contribution in [1.82, 2.24) is 4.98 Å². The number of benzene rings is 1. The van der Waals surface area contributed by atoms with Crippen LogP contribution in [-0.2, 0) is 4.74 Å². The van der Waals surface area contributed by atoms with Crippen LogP contribution in [0.1, 0.15) is 37.3 Å². The van der Waals surface area contributed by atoms with Crippen molar-refractivity contribution in [2.24, 2.45) is 5.73 Å². The Morgan fingerprint density at radius 1 is 1.26 bits per heavy atom. The second-order valence-electron chi connectivity index (χ2n) is 5.28. The van der Waals surface area contributed by atoms with Crippen molar-refractivity contribution in [1.29, 1.82) is 0 Å². The lowest BCUT2D eigenvalue weighted by molar-refractivity contribution is 0.00735. The summed E-state index contributed by atoms with van der Waals surface area (Å²) < 4.78 is 5.78. The SMILES string of the molecule is NC(CC1CCCCO1)c1cncc2ccccc12. The number of aromatic nitrogens is 1. The van der Waals surface area contributed by atoms with Gasteiger partial charge in [0.2, 0.25) is 0 Å². The molecule has 1 saturated heterocycles. The van der Waals surface area contributed by atoms with Crippen LogP contribution in [0.2, 0.25) is 0 Å². The molecular formula is C16H20N2O. The first-order valence-corrected chi connectivity index (χ1v) is 7.04. The lowest BCUT2D eigenvalue weighted by atomic mass is 9.95. The molecule has 1 aliphatic heterocycles. The highest BCUT2D eigenvalue weighted by molar-refractivity contribution is 5.85. The van der Waals surface area contributed by atoms with Crippen LogP contribution in [0.3, 0.4) is 0 Å². The van der Waals surface area contributed by atoms with Gasteiger partial charge in [0.25, 0.3) is 0 Å². The highest BCUT2D eigenvalue weighted by Crippen LogP contribution is 2.27. The van der Waals surface area contributed by atoms with E-state index in [1.165, 1.54) is 18.2 Å². The van der Waals surface area contributed by atoms with Gasteiger partial charge in [0.15, 0.2) is 0 Å². The number of hydrogen-bond acceptors (Lipinski definition) is 3. The van der Waals surface area contributed by atoms with E-state index in [2.05, 4.69) is 23.2 Å². The minimum atomic E-state index is 0.00157. The van der Waals surface area contributed by atoms with Gasteiger partial charge in [-0.2, -0.15) is 0 Å². The largest absolute Gasteiger partial charge is 0.378 e. The van der Waals surface area contributed by atoms with E-state index < -0.39 is 0 Å². The van der Waals surface area contributed by atoms with E-state index in [0.29, 0.717) is 6.10 Å². The molecule has 0 bridgehead atoms.